The first-order valence-electron chi connectivity index (χ1n) is 7.13. The molecule has 1 heterocycles. The number of rotatable bonds is 3. The maximum absolute atomic E-state index is 6.32. The average Bonchev–Trinajstić information content (AvgIpc) is 2.94. The highest BCUT2D eigenvalue weighted by molar-refractivity contribution is 5.38. The first-order valence-corrected chi connectivity index (χ1v) is 7.13. The van der Waals surface area contributed by atoms with Crippen LogP contribution in [0.1, 0.15) is 30.9 Å². The predicted octanol–water partition coefficient (Wildman–Crippen LogP) is 4.38. The summed E-state index contributed by atoms with van der Waals surface area (Å²) in [5, 5.41) is 0. The molecule has 98 valence electrons. The van der Waals surface area contributed by atoms with Gasteiger partial charge in [-0.25, -0.2) is 0 Å². The molecule has 0 amide bonds. The van der Waals surface area contributed by atoms with E-state index < -0.39 is 0 Å². The maximum Gasteiger partial charge on any atom is 0.121 e. The van der Waals surface area contributed by atoms with E-state index in [0.29, 0.717) is 5.92 Å². The molecule has 2 aromatic rings. The predicted molar refractivity (Wildman–Crippen MR) is 78.0 cm³/mol. The number of hydrogen-bond donors (Lipinski definition) is 0. The van der Waals surface area contributed by atoms with Gasteiger partial charge in [0.25, 0.3) is 0 Å². The largest absolute Gasteiger partial charge is 0.365 e. The SMILES string of the molecule is CC[C@H]1CCOC1(c1ccccc1)c1ccccc1. The Kier molecular flexibility index (Phi) is 3.39. The van der Waals surface area contributed by atoms with Gasteiger partial charge in [0.05, 0.1) is 0 Å². The highest BCUT2D eigenvalue weighted by Crippen LogP contribution is 2.47. The third kappa shape index (κ3) is 1.98. The van der Waals surface area contributed by atoms with Gasteiger partial charge in [0.15, 0.2) is 0 Å². The van der Waals surface area contributed by atoms with Crippen LogP contribution in [-0.4, -0.2) is 6.61 Å². The summed E-state index contributed by atoms with van der Waals surface area (Å²) in [6.45, 7) is 3.11. The Morgan fingerprint density at radius 3 is 1.95 bits per heavy atom. The van der Waals surface area contributed by atoms with Crippen molar-refractivity contribution in [2.45, 2.75) is 25.4 Å². The fraction of sp³-hybridized carbons (Fsp3) is 0.333. The van der Waals surface area contributed by atoms with Gasteiger partial charge >= 0.3 is 0 Å². The molecule has 2 aromatic carbocycles. The van der Waals surface area contributed by atoms with Crippen LogP contribution in [0.25, 0.3) is 0 Å². The lowest BCUT2D eigenvalue weighted by atomic mass is 9.75. The Morgan fingerprint density at radius 1 is 0.947 bits per heavy atom. The van der Waals surface area contributed by atoms with Crippen LogP contribution in [0.15, 0.2) is 60.7 Å². The molecular formula is C18H20O. The lowest BCUT2D eigenvalue weighted by Crippen LogP contribution is -2.33. The molecule has 19 heavy (non-hydrogen) atoms. The van der Waals surface area contributed by atoms with Crippen molar-refractivity contribution in [2.75, 3.05) is 6.61 Å². The van der Waals surface area contributed by atoms with Crippen LogP contribution in [0.2, 0.25) is 0 Å². The van der Waals surface area contributed by atoms with Crippen molar-refractivity contribution in [2.24, 2.45) is 5.92 Å². The zero-order valence-corrected chi connectivity index (χ0v) is 11.4. The van der Waals surface area contributed by atoms with Crippen molar-refractivity contribution in [3.63, 3.8) is 0 Å². The van der Waals surface area contributed by atoms with Gasteiger partial charge in [-0.3, -0.25) is 0 Å². The van der Waals surface area contributed by atoms with Crippen molar-refractivity contribution in [1.82, 2.24) is 0 Å². The molecule has 1 fully saturated rings. The van der Waals surface area contributed by atoms with Crippen molar-refractivity contribution < 1.29 is 4.74 Å². The topological polar surface area (TPSA) is 9.23 Å². The van der Waals surface area contributed by atoms with Crippen LogP contribution in [0.4, 0.5) is 0 Å². The Labute approximate surface area is 115 Å². The van der Waals surface area contributed by atoms with Crippen molar-refractivity contribution in [3.05, 3.63) is 71.8 Å². The third-order valence-electron chi connectivity index (χ3n) is 4.27. The molecule has 0 radical (unpaired) electrons. The van der Waals surface area contributed by atoms with E-state index in [1.54, 1.807) is 0 Å². The van der Waals surface area contributed by atoms with E-state index in [-0.39, 0.29) is 5.60 Å². The monoisotopic (exact) mass is 252 g/mol. The quantitative estimate of drug-likeness (QED) is 0.788. The average molecular weight is 252 g/mol. The van der Waals surface area contributed by atoms with Gasteiger partial charge in [-0.15, -0.1) is 0 Å². The van der Waals surface area contributed by atoms with Crippen LogP contribution >= 0.6 is 0 Å². The lowest BCUT2D eigenvalue weighted by Gasteiger charge is -2.35. The first-order chi connectivity index (χ1) is 9.38. The standard InChI is InChI=1S/C18H20O/c1-2-15-13-14-19-18(15,16-9-5-3-6-10-16)17-11-7-4-8-12-17/h3-12,15H,2,13-14H2,1H3/t15-/m0/s1. The minimum absolute atomic E-state index is 0.253. The molecule has 1 atom stereocenters. The molecule has 0 N–H and O–H groups in total. The van der Waals surface area contributed by atoms with Gasteiger partial charge in [0, 0.05) is 6.61 Å². The van der Waals surface area contributed by atoms with E-state index in [1.165, 1.54) is 11.1 Å². The summed E-state index contributed by atoms with van der Waals surface area (Å²) in [6.07, 6.45) is 2.28. The second kappa shape index (κ2) is 5.18. The number of hydrogen-bond acceptors (Lipinski definition) is 1. The summed E-state index contributed by atoms with van der Waals surface area (Å²) in [4.78, 5) is 0. The van der Waals surface area contributed by atoms with Crippen molar-refractivity contribution >= 4 is 0 Å². The van der Waals surface area contributed by atoms with Crippen molar-refractivity contribution in [3.8, 4) is 0 Å². The molecule has 0 spiro atoms. The van der Waals surface area contributed by atoms with E-state index in [9.17, 15) is 0 Å². The third-order valence-corrected chi connectivity index (χ3v) is 4.27. The fourth-order valence-corrected chi connectivity index (χ4v) is 3.35. The Hall–Kier alpha value is -1.60. The number of benzene rings is 2. The molecule has 0 bridgehead atoms. The smallest absolute Gasteiger partial charge is 0.121 e. The molecule has 1 aliphatic heterocycles. The highest BCUT2D eigenvalue weighted by Gasteiger charge is 2.45. The lowest BCUT2D eigenvalue weighted by molar-refractivity contribution is 0.00913. The summed E-state index contributed by atoms with van der Waals surface area (Å²) in [5.41, 5.74) is 2.31. The van der Waals surface area contributed by atoms with E-state index in [1.807, 2.05) is 0 Å². The summed E-state index contributed by atoms with van der Waals surface area (Å²) < 4.78 is 6.32. The van der Waals surface area contributed by atoms with Gasteiger partial charge in [0.1, 0.15) is 5.60 Å². The summed E-state index contributed by atoms with van der Waals surface area (Å²) in [5.74, 6) is 0.553. The first kappa shape index (κ1) is 12.4. The molecule has 1 heteroatoms. The minimum Gasteiger partial charge on any atom is -0.365 e. The maximum atomic E-state index is 6.32. The molecule has 0 aromatic heterocycles. The second-order valence-electron chi connectivity index (χ2n) is 5.21. The molecular weight excluding hydrogens is 232 g/mol. The van der Waals surface area contributed by atoms with Gasteiger partial charge in [-0.1, -0.05) is 67.6 Å². The van der Waals surface area contributed by atoms with Crippen LogP contribution < -0.4 is 0 Å². The normalized spacial score (nSPS) is 21.4. The van der Waals surface area contributed by atoms with Crippen LogP contribution in [-0.2, 0) is 10.3 Å². The molecule has 0 unspecified atom stereocenters. The van der Waals surface area contributed by atoms with Crippen LogP contribution in [0, 0.1) is 5.92 Å². The summed E-state index contributed by atoms with van der Waals surface area (Å²) in [7, 11) is 0. The summed E-state index contributed by atoms with van der Waals surface area (Å²) >= 11 is 0. The van der Waals surface area contributed by atoms with Gasteiger partial charge < -0.3 is 4.74 Å². The van der Waals surface area contributed by atoms with E-state index in [0.717, 1.165) is 19.4 Å². The fourth-order valence-electron chi connectivity index (χ4n) is 3.35. The molecule has 3 rings (SSSR count). The van der Waals surface area contributed by atoms with E-state index in [4.69, 9.17) is 4.74 Å². The molecule has 1 nitrogen and oxygen atoms in total. The Bertz CT molecular complexity index is 478. The van der Waals surface area contributed by atoms with Gasteiger partial charge in [0.2, 0.25) is 0 Å². The molecule has 1 aliphatic rings. The highest BCUT2D eigenvalue weighted by atomic mass is 16.5. The van der Waals surface area contributed by atoms with Gasteiger partial charge in [-0.2, -0.15) is 0 Å². The zero-order valence-electron chi connectivity index (χ0n) is 11.4. The molecule has 0 saturated carbocycles. The molecule has 1 saturated heterocycles. The van der Waals surface area contributed by atoms with Crippen LogP contribution in [0.3, 0.4) is 0 Å². The Balaban J connectivity index is 2.17. The van der Waals surface area contributed by atoms with E-state index in [2.05, 4.69) is 67.6 Å². The Morgan fingerprint density at radius 2 is 1.47 bits per heavy atom. The zero-order chi connectivity index (χ0) is 13.1. The summed E-state index contributed by atoms with van der Waals surface area (Å²) in [6, 6.07) is 21.3. The molecule has 0 aliphatic carbocycles. The second-order valence-corrected chi connectivity index (χ2v) is 5.21. The number of ether oxygens (including phenoxy) is 1. The van der Waals surface area contributed by atoms with E-state index >= 15 is 0 Å². The minimum atomic E-state index is -0.253. The van der Waals surface area contributed by atoms with Gasteiger partial charge in [-0.05, 0) is 29.9 Å². The van der Waals surface area contributed by atoms with Crippen LogP contribution in [0.5, 0.6) is 0 Å². The van der Waals surface area contributed by atoms with Crippen molar-refractivity contribution in [1.29, 1.82) is 0 Å².